The summed E-state index contributed by atoms with van der Waals surface area (Å²) in [5.74, 6) is 0. The zero-order chi connectivity index (χ0) is 18.8. The molecule has 0 saturated carbocycles. The van der Waals surface area contributed by atoms with Crippen LogP contribution in [-0.2, 0) is 0 Å². The van der Waals surface area contributed by atoms with Gasteiger partial charge in [0.2, 0.25) is 0 Å². The molecular formula is C22H21N5. The maximum atomic E-state index is 9.93. The molecule has 0 saturated heterocycles. The number of aryl methyl sites for hydroxylation is 1. The Labute approximate surface area is 159 Å². The molecule has 1 aliphatic heterocycles. The van der Waals surface area contributed by atoms with Crippen LogP contribution in [0.4, 0.5) is 0 Å². The molecule has 4 rings (SSSR count). The minimum Gasteiger partial charge on any atom is -0.274 e. The van der Waals surface area contributed by atoms with Gasteiger partial charge in [0.15, 0.2) is 6.04 Å². The number of rotatable bonds is 4. The van der Waals surface area contributed by atoms with Crippen molar-refractivity contribution in [2.24, 2.45) is 5.10 Å². The summed E-state index contributed by atoms with van der Waals surface area (Å²) in [6, 6.07) is 22.2. The minimum atomic E-state index is -0.441. The van der Waals surface area contributed by atoms with Gasteiger partial charge in [-0.25, -0.2) is 4.68 Å². The lowest BCUT2D eigenvalue weighted by Crippen LogP contribution is -2.21. The fourth-order valence-corrected chi connectivity index (χ4v) is 3.65. The second-order valence-electron chi connectivity index (χ2n) is 6.69. The number of nitriles is 1. The first-order valence-electron chi connectivity index (χ1n) is 9.09. The highest BCUT2D eigenvalue weighted by Crippen LogP contribution is 2.31. The van der Waals surface area contributed by atoms with Crippen molar-refractivity contribution < 1.29 is 0 Å². The van der Waals surface area contributed by atoms with Crippen LogP contribution < -0.4 is 0 Å². The van der Waals surface area contributed by atoms with E-state index in [1.807, 2.05) is 72.1 Å². The summed E-state index contributed by atoms with van der Waals surface area (Å²) in [5.41, 5.74) is 5.93. The molecule has 27 heavy (non-hydrogen) atoms. The first-order chi connectivity index (χ1) is 13.2. The summed E-state index contributed by atoms with van der Waals surface area (Å²) in [4.78, 5) is 0. The largest absolute Gasteiger partial charge is 0.274 e. The normalized spacial score (nSPS) is 14.7. The van der Waals surface area contributed by atoms with Gasteiger partial charge in [-0.05, 0) is 31.5 Å². The van der Waals surface area contributed by atoms with E-state index in [2.05, 4.69) is 23.3 Å². The zero-order valence-electron chi connectivity index (χ0n) is 15.5. The van der Waals surface area contributed by atoms with Crippen LogP contribution in [0.1, 0.15) is 35.0 Å². The highest BCUT2D eigenvalue weighted by Gasteiger charge is 2.29. The van der Waals surface area contributed by atoms with Crippen LogP contribution in [-0.4, -0.2) is 27.0 Å². The van der Waals surface area contributed by atoms with Crippen molar-refractivity contribution in [3.8, 4) is 11.8 Å². The van der Waals surface area contributed by atoms with Crippen molar-refractivity contribution in [1.29, 1.82) is 5.26 Å². The van der Waals surface area contributed by atoms with Crippen LogP contribution in [0.3, 0.4) is 0 Å². The van der Waals surface area contributed by atoms with Crippen molar-refractivity contribution in [1.82, 2.24) is 14.8 Å². The van der Waals surface area contributed by atoms with Crippen molar-refractivity contribution >= 4 is 5.71 Å². The molecule has 1 aromatic heterocycles. The number of hydrogen-bond acceptors (Lipinski definition) is 4. The van der Waals surface area contributed by atoms with Crippen molar-refractivity contribution in [2.45, 2.75) is 26.3 Å². The first-order valence-corrected chi connectivity index (χ1v) is 9.09. The van der Waals surface area contributed by atoms with E-state index in [1.165, 1.54) is 0 Å². The zero-order valence-corrected chi connectivity index (χ0v) is 15.5. The van der Waals surface area contributed by atoms with E-state index < -0.39 is 6.04 Å². The molecule has 0 N–H and O–H groups in total. The molecule has 5 nitrogen and oxygen atoms in total. The van der Waals surface area contributed by atoms with E-state index in [1.54, 1.807) is 0 Å². The number of hydrazone groups is 1. The van der Waals surface area contributed by atoms with Gasteiger partial charge in [0.05, 0.1) is 23.2 Å². The first kappa shape index (κ1) is 17.0. The predicted molar refractivity (Wildman–Crippen MR) is 106 cm³/mol. The molecule has 0 radical (unpaired) electrons. The standard InChI is InChI=1S/C22H21N5/c1-16-22(17(2)27(24-16)19-11-7-4-8-12-19)21(15-23)26-14-13-20(25-26)18-9-5-3-6-10-18/h3-12,21H,13-14H2,1-2H3/t21-/m0/s1. The second kappa shape index (κ2) is 7.08. The number of benzene rings is 2. The quantitative estimate of drug-likeness (QED) is 0.706. The molecule has 3 aromatic rings. The van der Waals surface area contributed by atoms with Crippen LogP contribution >= 0.6 is 0 Å². The number of para-hydroxylation sites is 1. The van der Waals surface area contributed by atoms with E-state index in [9.17, 15) is 5.26 Å². The molecule has 0 unspecified atom stereocenters. The Morgan fingerprint density at radius 3 is 2.33 bits per heavy atom. The lowest BCUT2D eigenvalue weighted by molar-refractivity contribution is 0.273. The van der Waals surface area contributed by atoms with Gasteiger partial charge in [-0.3, -0.25) is 5.01 Å². The number of hydrogen-bond donors (Lipinski definition) is 0. The number of nitrogens with zero attached hydrogens (tertiary/aromatic N) is 5. The van der Waals surface area contributed by atoms with Gasteiger partial charge in [-0.2, -0.15) is 15.5 Å². The highest BCUT2D eigenvalue weighted by atomic mass is 15.5. The van der Waals surface area contributed by atoms with Crippen LogP contribution in [0, 0.1) is 25.2 Å². The van der Waals surface area contributed by atoms with E-state index in [-0.39, 0.29) is 0 Å². The SMILES string of the molecule is Cc1nn(-c2ccccc2)c(C)c1[C@H](C#N)N1CCC(c2ccccc2)=N1. The smallest absolute Gasteiger partial charge is 0.162 e. The van der Waals surface area contributed by atoms with Crippen molar-refractivity contribution in [3.05, 3.63) is 83.2 Å². The maximum absolute atomic E-state index is 9.93. The summed E-state index contributed by atoms with van der Waals surface area (Å²) in [5, 5.41) is 21.3. The Morgan fingerprint density at radius 2 is 1.67 bits per heavy atom. The third-order valence-electron chi connectivity index (χ3n) is 4.98. The average molecular weight is 355 g/mol. The molecule has 0 bridgehead atoms. The van der Waals surface area contributed by atoms with Gasteiger partial charge >= 0.3 is 0 Å². The molecule has 1 atom stereocenters. The van der Waals surface area contributed by atoms with Crippen LogP contribution in [0.15, 0.2) is 65.8 Å². The molecule has 2 heterocycles. The third kappa shape index (κ3) is 3.11. The summed E-state index contributed by atoms with van der Waals surface area (Å²) >= 11 is 0. The molecule has 0 fully saturated rings. The molecular weight excluding hydrogens is 334 g/mol. The highest BCUT2D eigenvalue weighted by molar-refractivity contribution is 6.01. The second-order valence-corrected chi connectivity index (χ2v) is 6.69. The van der Waals surface area contributed by atoms with Gasteiger partial charge in [-0.1, -0.05) is 48.5 Å². The Balaban J connectivity index is 1.70. The summed E-state index contributed by atoms with van der Waals surface area (Å²) in [6.07, 6.45) is 0.840. The molecule has 1 aliphatic rings. The Morgan fingerprint density at radius 1 is 1.00 bits per heavy atom. The van der Waals surface area contributed by atoms with Crippen molar-refractivity contribution in [3.63, 3.8) is 0 Å². The monoisotopic (exact) mass is 355 g/mol. The minimum absolute atomic E-state index is 0.441. The Kier molecular flexibility index (Phi) is 4.47. The average Bonchev–Trinajstić information content (AvgIpc) is 3.31. The maximum Gasteiger partial charge on any atom is 0.162 e. The van der Waals surface area contributed by atoms with E-state index in [4.69, 9.17) is 5.10 Å². The summed E-state index contributed by atoms with van der Waals surface area (Å²) in [7, 11) is 0. The third-order valence-corrected chi connectivity index (χ3v) is 4.98. The lowest BCUT2D eigenvalue weighted by Gasteiger charge is -2.20. The van der Waals surface area contributed by atoms with E-state index in [0.717, 1.165) is 46.9 Å². The molecule has 0 spiro atoms. The van der Waals surface area contributed by atoms with E-state index in [0.29, 0.717) is 0 Å². The van der Waals surface area contributed by atoms with Crippen LogP contribution in [0.2, 0.25) is 0 Å². The van der Waals surface area contributed by atoms with E-state index >= 15 is 0 Å². The Hall–Kier alpha value is -3.39. The van der Waals surface area contributed by atoms with Gasteiger partial charge in [-0.15, -0.1) is 0 Å². The van der Waals surface area contributed by atoms with Crippen LogP contribution in [0.25, 0.3) is 5.69 Å². The lowest BCUT2D eigenvalue weighted by atomic mass is 10.1. The molecule has 5 heteroatoms. The van der Waals surface area contributed by atoms with Gasteiger partial charge in [0, 0.05) is 24.2 Å². The van der Waals surface area contributed by atoms with Crippen LogP contribution in [0.5, 0.6) is 0 Å². The fourth-order valence-electron chi connectivity index (χ4n) is 3.65. The van der Waals surface area contributed by atoms with Gasteiger partial charge < -0.3 is 0 Å². The summed E-state index contributed by atoms with van der Waals surface area (Å²) in [6.45, 7) is 4.71. The number of aromatic nitrogens is 2. The molecule has 0 aliphatic carbocycles. The van der Waals surface area contributed by atoms with Gasteiger partial charge in [0.25, 0.3) is 0 Å². The van der Waals surface area contributed by atoms with Gasteiger partial charge in [0.1, 0.15) is 0 Å². The molecule has 2 aromatic carbocycles. The molecule has 0 amide bonds. The van der Waals surface area contributed by atoms with Crippen molar-refractivity contribution in [2.75, 3.05) is 6.54 Å². The fraction of sp³-hybridized carbons (Fsp3) is 0.227. The predicted octanol–water partition coefficient (Wildman–Crippen LogP) is 4.16. The topological polar surface area (TPSA) is 57.2 Å². The molecule has 134 valence electrons. The Bertz CT molecular complexity index is 1010. The summed E-state index contributed by atoms with van der Waals surface area (Å²) < 4.78 is 1.91.